The summed E-state index contributed by atoms with van der Waals surface area (Å²) in [5, 5.41) is 3.74. The number of nitrogens with zero attached hydrogens (tertiary/aromatic N) is 3. The Bertz CT molecular complexity index is 908. The van der Waals surface area contributed by atoms with Crippen LogP contribution in [-0.4, -0.2) is 54.9 Å². The summed E-state index contributed by atoms with van der Waals surface area (Å²) in [6.45, 7) is 8.23. The molecule has 1 aliphatic rings. The van der Waals surface area contributed by atoms with Crippen molar-refractivity contribution in [1.82, 2.24) is 14.4 Å². The summed E-state index contributed by atoms with van der Waals surface area (Å²) in [5.41, 5.74) is 0.640. The van der Waals surface area contributed by atoms with Crippen LogP contribution in [0.1, 0.15) is 30.9 Å². The Morgan fingerprint density at radius 3 is 2.19 bits per heavy atom. The van der Waals surface area contributed by atoms with E-state index < -0.39 is 15.4 Å². The number of carbonyl (C=O) groups is 1. The number of hydrogen-bond acceptors (Lipinski definition) is 5. The molecule has 27 heavy (non-hydrogen) atoms. The van der Waals surface area contributed by atoms with Gasteiger partial charge < -0.3 is 9.42 Å². The van der Waals surface area contributed by atoms with Crippen LogP contribution < -0.4 is 0 Å². The molecule has 3 rings (SSSR count). The Morgan fingerprint density at radius 2 is 1.67 bits per heavy atom. The molecule has 1 saturated heterocycles. The van der Waals surface area contributed by atoms with Gasteiger partial charge in [-0.05, 0) is 33.3 Å². The first kappa shape index (κ1) is 19.6. The zero-order chi connectivity index (χ0) is 19.8. The third kappa shape index (κ3) is 3.51. The van der Waals surface area contributed by atoms with Crippen LogP contribution in [0.15, 0.2) is 39.8 Å². The first-order valence-electron chi connectivity index (χ1n) is 8.93. The minimum Gasteiger partial charge on any atom is -0.360 e. The summed E-state index contributed by atoms with van der Waals surface area (Å²) in [6.07, 6.45) is 0. The monoisotopic (exact) mass is 391 g/mol. The van der Waals surface area contributed by atoms with Crippen molar-refractivity contribution in [1.29, 1.82) is 0 Å². The molecule has 2 aromatic rings. The summed E-state index contributed by atoms with van der Waals surface area (Å²) < 4.78 is 32.2. The second-order valence-corrected chi connectivity index (χ2v) is 9.22. The highest BCUT2D eigenvalue weighted by molar-refractivity contribution is 7.89. The molecule has 1 amide bonds. The van der Waals surface area contributed by atoms with Gasteiger partial charge in [0.2, 0.25) is 15.9 Å². The molecule has 1 aromatic carbocycles. The molecule has 0 aliphatic carbocycles. The van der Waals surface area contributed by atoms with E-state index in [1.165, 1.54) is 4.31 Å². The zero-order valence-electron chi connectivity index (χ0n) is 16.1. The fourth-order valence-electron chi connectivity index (χ4n) is 3.48. The fraction of sp³-hybridized carbons (Fsp3) is 0.474. The number of benzene rings is 1. The van der Waals surface area contributed by atoms with Crippen LogP contribution >= 0.6 is 0 Å². The van der Waals surface area contributed by atoms with Crippen molar-refractivity contribution in [3.8, 4) is 0 Å². The average molecular weight is 391 g/mol. The molecule has 0 radical (unpaired) electrons. The van der Waals surface area contributed by atoms with E-state index in [0.29, 0.717) is 18.8 Å². The van der Waals surface area contributed by atoms with Gasteiger partial charge in [-0.15, -0.1) is 0 Å². The number of hydrogen-bond donors (Lipinski definition) is 0. The molecular weight excluding hydrogens is 366 g/mol. The van der Waals surface area contributed by atoms with E-state index in [9.17, 15) is 13.2 Å². The third-order valence-electron chi connectivity index (χ3n) is 5.12. The summed E-state index contributed by atoms with van der Waals surface area (Å²) in [4.78, 5) is 14.9. The lowest BCUT2D eigenvalue weighted by molar-refractivity contribution is -0.137. The number of sulfonamides is 1. The van der Waals surface area contributed by atoms with Crippen molar-refractivity contribution in [2.75, 3.05) is 26.2 Å². The van der Waals surface area contributed by atoms with Gasteiger partial charge in [-0.2, -0.15) is 4.31 Å². The molecule has 0 saturated carbocycles. The van der Waals surface area contributed by atoms with Gasteiger partial charge in [0.15, 0.2) is 5.76 Å². The van der Waals surface area contributed by atoms with E-state index in [2.05, 4.69) is 5.16 Å². The van der Waals surface area contributed by atoms with E-state index in [0.717, 1.165) is 5.56 Å². The van der Waals surface area contributed by atoms with Crippen molar-refractivity contribution in [2.24, 2.45) is 0 Å². The topological polar surface area (TPSA) is 83.7 Å². The summed E-state index contributed by atoms with van der Waals surface area (Å²) >= 11 is 0. The molecule has 1 aromatic heterocycles. The highest BCUT2D eigenvalue weighted by atomic mass is 32.2. The Hall–Kier alpha value is -2.19. The van der Waals surface area contributed by atoms with Crippen LogP contribution in [0, 0.1) is 13.8 Å². The average Bonchev–Trinajstić information content (AvgIpc) is 3.01. The van der Waals surface area contributed by atoms with E-state index in [1.54, 1.807) is 18.7 Å². The minimum atomic E-state index is -3.68. The molecule has 0 bridgehead atoms. The zero-order valence-corrected chi connectivity index (χ0v) is 16.9. The molecular formula is C19H25N3O4S. The van der Waals surface area contributed by atoms with Crippen LogP contribution in [-0.2, 0) is 20.2 Å². The van der Waals surface area contributed by atoms with Crippen molar-refractivity contribution >= 4 is 15.9 Å². The molecule has 2 heterocycles. The predicted molar refractivity (Wildman–Crippen MR) is 101 cm³/mol. The maximum absolute atomic E-state index is 13.0. The summed E-state index contributed by atoms with van der Waals surface area (Å²) in [6, 6.07) is 9.63. The molecule has 7 nitrogen and oxygen atoms in total. The van der Waals surface area contributed by atoms with Gasteiger partial charge in [0.05, 0.1) is 5.41 Å². The molecule has 1 aliphatic heterocycles. The summed E-state index contributed by atoms with van der Waals surface area (Å²) in [7, 11) is -3.68. The SMILES string of the molecule is Cc1noc(C)c1S(=O)(=O)N1CCN(C(=O)C(C)(C)c2ccccc2)CC1. The van der Waals surface area contributed by atoms with E-state index in [-0.39, 0.29) is 29.7 Å². The van der Waals surface area contributed by atoms with Crippen LogP contribution in [0.5, 0.6) is 0 Å². The molecule has 0 spiro atoms. The number of amides is 1. The smallest absolute Gasteiger partial charge is 0.248 e. The van der Waals surface area contributed by atoms with E-state index in [1.807, 2.05) is 44.2 Å². The van der Waals surface area contributed by atoms with Gasteiger partial charge in [-0.1, -0.05) is 35.5 Å². The van der Waals surface area contributed by atoms with Gasteiger partial charge in [0, 0.05) is 26.2 Å². The number of carbonyl (C=O) groups excluding carboxylic acids is 1. The molecule has 0 unspecified atom stereocenters. The highest BCUT2D eigenvalue weighted by Crippen LogP contribution is 2.28. The van der Waals surface area contributed by atoms with Crippen LogP contribution in [0.25, 0.3) is 0 Å². The van der Waals surface area contributed by atoms with E-state index in [4.69, 9.17) is 4.52 Å². The lowest BCUT2D eigenvalue weighted by atomic mass is 9.83. The fourth-order valence-corrected chi connectivity index (χ4v) is 5.19. The van der Waals surface area contributed by atoms with Gasteiger partial charge in [-0.3, -0.25) is 4.79 Å². The van der Waals surface area contributed by atoms with Gasteiger partial charge in [0.25, 0.3) is 0 Å². The first-order valence-corrected chi connectivity index (χ1v) is 10.4. The molecule has 0 atom stereocenters. The Balaban J connectivity index is 1.73. The number of rotatable bonds is 4. The van der Waals surface area contributed by atoms with E-state index >= 15 is 0 Å². The van der Waals surface area contributed by atoms with Crippen molar-refractivity contribution in [2.45, 2.75) is 38.0 Å². The number of aryl methyl sites for hydroxylation is 2. The van der Waals surface area contributed by atoms with Gasteiger partial charge in [0.1, 0.15) is 10.6 Å². The standard InChI is InChI=1S/C19H25N3O4S/c1-14-17(15(2)26-20-14)27(24,25)22-12-10-21(11-13-22)18(23)19(3,4)16-8-6-5-7-9-16/h5-9H,10-13H2,1-4H3. The Labute approximate surface area is 160 Å². The van der Waals surface area contributed by atoms with Crippen LogP contribution in [0.4, 0.5) is 0 Å². The number of piperazine rings is 1. The lowest BCUT2D eigenvalue weighted by Crippen LogP contribution is -2.54. The second kappa shape index (κ2) is 7.09. The normalized spacial score (nSPS) is 16.5. The minimum absolute atomic E-state index is 0.00286. The van der Waals surface area contributed by atoms with Crippen LogP contribution in [0.2, 0.25) is 0 Å². The molecule has 146 valence electrons. The maximum atomic E-state index is 13.0. The molecule has 0 N–H and O–H groups in total. The highest BCUT2D eigenvalue weighted by Gasteiger charge is 2.38. The largest absolute Gasteiger partial charge is 0.360 e. The van der Waals surface area contributed by atoms with Crippen molar-refractivity contribution < 1.29 is 17.7 Å². The molecule has 1 fully saturated rings. The van der Waals surface area contributed by atoms with Crippen molar-refractivity contribution in [3.05, 3.63) is 47.3 Å². The van der Waals surface area contributed by atoms with Gasteiger partial charge in [-0.25, -0.2) is 8.42 Å². The third-order valence-corrected chi connectivity index (χ3v) is 7.27. The van der Waals surface area contributed by atoms with Gasteiger partial charge >= 0.3 is 0 Å². The second-order valence-electron chi connectivity index (χ2n) is 7.34. The molecule has 8 heteroatoms. The first-order chi connectivity index (χ1) is 12.7. The quantitative estimate of drug-likeness (QED) is 0.797. The predicted octanol–water partition coefficient (Wildman–Crippen LogP) is 2.10. The summed E-state index contributed by atoms with van der Waals surface area (Å²) in [5.74, 6) is 0.291. The van der Waals surface area contributed by atoms with Crippen molar-refractivity contribution in [3.63, 3.8) is 0 Å². The maximum Gasteiger partial charge on any atom is 0.248 e. The Morgan fingerprint density at radius 1 is 1.07 bits per heavy atom. The number of aromatic nitrogens is 1. The lowest BCUT2D eigenvalue weighted by Gasteiger charge is -2.38. The van der Waals surface area contributed by atoms with Crippen LogP contribution in [0.3, 0.4) is 0 Å². The Kier molecular flexibility index (Phi) is 5.14.